The summed E-state index contributed by atoms with van der Waals surface area (Å²) in [5.41, 5.74) is 2.90. The summed E-state index contributed by atoms with van der Waals surface area (Å²) in [5, 5.41) is 11.7. The van der Waals surface area contributed by atoms with Gasteiger partial charge in [0.05, 0.1) is 0 Å². The molecule has 2 N–H and O–H groups in total. The molecular weight excluding hydrogens is 210 g/mol. The van der Waals surface area contributed by atoms with Gasteiger partial charge in [0.1, 0.15) is 6.04 Å². The van der Waals surface area contributed by atoms with Gasteiger partial charge in [0, 0.05) is 10.6 Å². The molecule has 0 amide bonds. The molecule has 0 heterocycles. The van der Waals surface area contributed by atoms with E-state index >= 15 is 0 Å². The van der Waals surface area contributed by atoms with Crippen LogP contribution in [0.1, 0.15) is 18.1 Å². The maximum absolute atomic E-state index is 10.7. The van der Waals surface area contributed by atoms with Crippen molar-refractivity contribution in [3.05, 3.63) is 23.3 Å². The van der Waals surface area contributed by atoms with E-state index in [0.29, 0.717) is 0 Å². The Labute approximate surface area is 94.9 Å². The second-order valence-electron chi connectivity index (χ2n) is 3.66. The first-order chi connectivity index (χ1) is 6.91. The number of aryl methyl sites for hydroxylation is 2. The van der Waals surface area contributed by atoms with Crippen LogP contribution >= 0.6 is 12.6 Å². The van der Waals surface area contributed by atoms with Crippen LogP contribution in [0.5, 0.6) is 0 Å². The average Bonchev–Trinajstić information content (AvgIpc) is 2.13. The fourth-order valence-electron chi connectivity index (χ4n) is 1.35. The summed E-state index contributed by atoms with van der Waals surface area (Å²) in [5.74, 6) is -0.861. The highest BCUT2D eigenvalue weighted by Crippen LogP contribution is 2.23. The van der Waals surface area contributed by atoms with Gasteiger partial charge in [-0.1, -0.05) is 0 Å². The summed E-state index contributed by atoms with van der Waals surface area (Å²) in [4.78, 5) is 11.6. The molecule has 1 atom stereocenters. The zero-order valence-corrected chi connectivity index (χ0v) is 9.93. The molecule has 82 valence electrons. The minimum absolute atomic E-state index is 0.588. The molecule has 4 heteroatoms. The first-order valence-corrected chi connectivity index (χ1v) is 5.16. The van der Waals surface area contributed by atoms with E-state index in [1.165, 1.54) is 0 Å². The van der Waals surface area contributed by atoms with E-state index < -0.39 is 12.0 Å². The number of nitrogens with one attached hydrogen (secondary N) is 1. The van der Waals surface area contributed by atoms with Gasteiger partial charge >= 0.3 is 5.97 Å². The largest absolute Gasteiger partial charge is 0.480 e. The number of aliphatic carboxylic acids is 1. The Morgan fingerprint density at radius 3 is 2.27 bits per heavy atom. The number of carbonyl (C=O) groups is 1. The summed E-state index contributed by atoms with van der Waals surface area (Å²) >= 11 is 4.35. The van der Waals surface area contributed by atoms with Gasteiger partial charge < -0.3 is 10.4 Å². The molecule has 0 fully saturated rings. The third-order valence-electron chi connectivity index (χ3n) is 2.24. The van der Waals surface area contributed by atoms with E-state index in [1.54, 1.807) is 6.92 Å². The molecule has 0 spiro atoms. The van der Waals surface area contributed by atoms with Gasteiger partial charge in [-0.3, -0.25) is 4.79 Å². The number of carboxylic acids is 1. The lowest BCUT2D eigenvalue weighted by molar-refractivity contribution is -0.137. The number of hydrogen-bond donors (Lipinski definition) is 3. The van der Waals surface area contributed by atoms with Crippen LogP contribution in [0.2, 0.25) is 0 Å². The number of rotatable bonds is 3. The molecule has 1 unspecified atom stereocenters. The van der Waals surface area contributed by atoms with Gasteiger partial charge in [-0.15, -0.1) is 12.6 Å². The normalized spacial score (nSPS) is 12.3. The molecule has 0 bridgehead atoms. The quantitative estimate of drug-likeness (QED) is 0.693. The van der Waals surface area contributed by atoms with Crippen LogP contribution < -0.4 is 5.32 Å². The summed E-state index contributed by atoms with van der Waals surface area (Å²) in [6, 6.07) is 3.21. The Bertz CT molecular complexity index is 367. The predicted molar refractivity (Wildman–Crippen MR) is 63.9 cm³/mol. The van der Waals surface area contributed by atoms with Crippen LogP contribution in [0.15, 0.2) is 17.0 Å². The van der Waals surface area contributed by atoms with Crippen LogP contribution in [-0.4, -0.2) is 17.1 Å². The SMILES string of the molecule is Cc1cc(NC(C)C(=O)O)cc(C)c1S. The Morgan fingerprint density at radius 1 is 1.40 bits per heavy atom. The van der Waals surface area contributed by atoms with Crippen molar-refractivity contribution >= 4 is 24.3 Å². The van der Waals surface area contributed by atoms with Crippen molar-refractivity contribution in [2.24, 2.45) is 0 Å². The van der Waals surface area contributed by atoms with Crippen LogP contribution in [0, 0.1) is 13.8 Å². The molecule has 0 aliphatic heterocycles. The van der Waals surface area contributed by atoms with E-state index in [2.05, 4.69) is 17.9 Å². The molecule has 0 saturated carbocycles. The molecule has 3 nitrogen and oxygen atoms in total. The molecular formula is C11H15NO2S. The van der Waals surface area contributed by atoms with Crippen molar-refractivity contribution in [2.75, 3.05) is 5.32 Å². The second kappa shape index (κ2) is 4.57. The minimum atomic E-state index is -0.861. The van der Waals surface area contributed by atoms with Crippen molar-refractivity contribution in [2.45, 2.75) is 31.7 Å². The second-order valence-corrected chi connectivity index (χ2v) is 4.11. The topological polar surface area (TPSA) is 49.3 Å². The first kappa shape index (κ1) is 11.9. The lowest BCUT2D eigenvalue weighted by atomic mass is 10.1. The third-order valence-corrected chi connectivity index (χ3v) is 2.95. The van der Waals surface area contributed by atoms with Gasteiger partial charge in [0.15, 0.2) is 0 Å². The average molecular weight is 225 g/mol. The van der Waals surface area contributed by atoms with Crippen LogP contribution in [0.25, 0.3) is 0 Å². The molecule has 0 aromatic heterocycles. The zero-order valence-electron chi connectivity index (χ0n) is 9.03. The van der Waals surface area contributed by atoms with Crippen molar-refractivity contribution in [3.63, 3.8) is 0 Å². The Kier molecular flexibility index (Phi) is 3.63. The smallest absolute Gasteiger partial charge is 0.325 e. The van der Waals surface area contributed by atoms with Crippen LogP contribution in [0.3, 0.4) is 0 Å². The predicted octanol–water partition coefficient (Wildman–Crippen LogP) is 2.48. The van der Waals surface area contributed by atoms with Gasteiger partial charge in [0.25, 0.3) is 0 Å². The standard InChI is InChI=1S/C11H15NO2S/c1-6-4-9(5-7(2)10(6)15)12-8(3)11(13)14/h4-5,8,12,15H,1-3H3,(H,13,14). The Morgan fingerprint density at radius 2 is 1.87 bits per heavy atom. The molecule has 0 aliphatic rings. The van der Waals surface area contributed by atoms with E-state index in [0.717, 1.165) is 21.7 Å². The van der Waals surface area contributed by atoms with Crippen molar-refractivity contribution in [3.8, 4) is 0 Å². The van der Waals surface area contributed by atoms with Gasteiger partial charge in [-0.25, -0.2) is 0 Å². The van der Waals surface area contributed by atoms with Gasteiger partial charge in [-0.05, 0) is 44.0 Å². The van der Waals surface area contributed by atoms with E-state index in [-0.39, 0.29) is 0 Å². The summed E-state index contributed by atoms with van der Waals surface area (Å²) < 4.78 is 0. The first-order valence-electron chi connectivity index (χ1n) is 4.71. The Balaban J connectivity index is 2.92. The van der Waals surface area contributed by atoms with Crippen molar-refractivity contribution in [1.82, 2.24) is 0 Å². The van der Waals surface area contributed by atoms with Gasteiger partial charge in [-0.2, -0.15) is 0 Å². The molecule has 1 rings (SSSR count). The zero-order chi connectivity index (χ0) is 11.6. The van der Waals surface area contributed by atoms with Crippen LogP contribution in [-0.2, 0) is 4.79 Å². The number of anilines is 1. The molecule has 1 aromatic rings. The third kappa shape index (κ3) is 2.89. The lowest BCUT2D eigenvalue weighted by Crippen LogP contribution is -2.25. The van der Waals surface area contributed by atoms with Crippen molar-refractivity contribution in [1.29, 1.82) is 0 Å². The molecule has 0 radical (unpaired) electrons. The number of hydrogen-bond acceptors (Lipinski definition) is 3. The maximum Gasteiger partial charge on any atom is 0.325 e. The highest BCUT2D eigenvalue weighted by atomic mass is 32.1. The molecule has 1 aromatic carbocycles. The highest BCUT2D eigenvalue weighted by Gasteiger charge is 2.10. The lowest BCUT2D eigenvalue weighted by Gasteiger charge is -2.13. The monoisotopic (exact) mass is 225 g/mol. The number of benzene rings is 1. The van der Waals surface area contributed by atoms with Crippen molar-refractivity contribution < 1.29 is 9.90 Å². The summed E-state index contributed by atoms with van der Waals surface area (Å²) in [6.07, 6.45) is 0. The van der Waals surface area contributed by atoms with E-state index in [1.807, 2.05) is 26.0 Å². The number of carboxylic acid groups (broad SMARTS) is 1. The number of thiol groups is 1. The molecule has 15 heavy (non-hydrogen) atoms. The fourth-order valence-corrected chi connectivity index (χ4v) is 1.48. The molecule has 0 saturated heterocycles. The van der Waals surface area contributed by atoms with E-state index in [9.17, 15) is 4.79 Å². The molecule has 0 aliphatic carbocycles. The summed E-state index contributed by atoms with van der Waals surface area (Å²) in [6.45, 7) is 5.51. The van der Waals surface area contributed by atoms with Gasteiger partial charge in [0.2, 0.25) is 0 Å². The highest BCUT2D eigenvalue weighted by molar-refractivity contribution is 7.80. The Hall–Kier alpha value is -1.16. The summed E-state index contributed by atoms with van der Waals surface area (Å²) in [7, 11) is 0. The van der Waals surface area contributed by atoms with E-state index in [4.69, 9.17) is 5.11 Å². The maximum atomic E-state index is 10.7. The minimum Gasteiger partial charge on any atom is -0.480 e. The fraction of sp³-hybridized carbons (Fsp3) is 0.364. The van der Waals surface area contributed by atoms with Crippen LogP contribution in [0.4, 0.5) is 5.69 Å².